The Labute approximate surface area is 120 Å². The van der Waals surface area contributed by atoms with Crippen LogP contribution in [0.1, 0.15) is 24.1 Å². The molecule has 0 aliphatic heterocycles. The molecule has 0 atom stereocenters. The molecule has 0 fully saturated rings. The molecular formula is C16H14FN3O. The van der Waals surface area contributed by atoms with Gasteiger partial charge in [0.1, 0.15) is 11.5 Å². The first-order valence-electron chi connectivity index (χ1n) is 7.11. The number of fused-ring (bicyclic) bond motifs is 3. The molecule has 1 N–H and O–H groups in total. The van der Waals surface area contributed by atoms with Crippen LogP contribution in [0.5, 0.6) is 0 Å². The van der Waals surface area contributed by atoms with Gasteiger partial charge in [0.2, 0.25) is 0 Å². The van der Waals surface area contributed by atoms with Crippen LogP contribution < -0.4 is 5.69 Å². The van der Waals surface area contributed by atoms with Crippen LogP contribution in [0.3, 0.4) is 0 Å². The number of hydrogen-bond donors (Lipinski definition) is 1. The average molecular weight is 283 g/mol. The Morgan fingerprint density at radius 3 is 2.71 bits per heavy atom. The van der Waals surface area contributed by atoms with Crippen LogP contribution in [0.15, 0.2) is 35.3 Å². The van der Waals surface area contributed by atoms with Gasteiger partial charge in [0, 0.05) is 23.0 Å². The van der Waals surface area contributed by atoms with Gasteiger partial charge in [0.15, 0.2) is 0 Å². The van der Waals surface area contributed by atoms with E-state index in [0.717, 1.165) is 48.2 Å². The van der Waals surface area contributed by atoms with Gasteiger partial charge in [-0.3, -0.25) is 4.40 Å². The van der Waals surface area contributed by atoms with E-state index in [0.29, 0.717) is 5.69 Å². The number of aromatic nitrogens is 3. The van der Waals surface area contributed by atoms with Gasteiger partial charge in [-0.1, -0.05) is 0 Å². The van der Waals surface area contributed by atoms with Gasteiger partial charge in [-0.25, -0.2) is 14.2 Å². The first kappa shape index (κ1) is 12.3. The molecule has 0 radical (unpaired) electrons. The van der Waals surface area contributed by atoms with E-state index >= 15 is 0 Å². The second-order valence-corrected chi connectivity index (χ2v) is 5.42. The molecule has 21 heavy (non-hydrogen) atoms. The summed E-state index contributed by atoms with van der Waals surface area (Å²) in [5, 5.41) is 0. The van der Waals surface area contributed by atoms with Crippen LogP contribution in [0, 0.1) is 5.82 Å². The molecule has 2 aromatic heterocycles. The summed E-state index contributed by atoms with van der Waals surface area (Å²) < 4.78 is 14.6. The largest absolute Gasteiger partial charge is 0.331 e. The number of imidazole rings is 1. The van der Waals surface area contributed by atoms with Gasteiger partial charge in [-0.2, -0.15) is 0 Å². The molecule has 4 rings (SSSR count). The first-order chi connectivity index (χ1) is 10.2. The molecule has 4 nitrogen and oxygen atoms in total. The summed E-state index contributed by atoms with van der Waals surface area (Å²) in [7, 11) is 0. The van der Waals surface area contributed by atoms with Crippen LogP contribution in [0.25, 0.3) is 16.9 Å². The van der Waals surface area contributed by atoms with Crippen LogP contribution >= 0.6 is 0 Å². The number of nitrogens with one attached hydrogen (secondary N) is 1. The van der Waals surface area contributed by atoms with E-state index in [4.69, 9.17) is 0 Å². The van der Waals surface area contributed by atoms with Crippen molar-refractivity contribution in [3.63, 3.8) is 0 Å². The van der Waals surface area contributed by atoms with E-state index in [9.17, 15) is 9.18 Å². The predicted octanol–water partition coefficient (Wildman–Crippen LogP) is 2.71. The van der Waals surface area contributed by atoms with Crippen molar-refractivity contribution in [3.05, 3.63) is 58.0 Å². The van der Waals surface area contributed by atoms with Gasteiger partial charge in [0.05, 0.1) is 5.69 Å². The Hall–Kier alpha value is -2.43. The third-order valence-corrected chi connectivity index (χ3v) is 4.06. The molecular weight excluding hydrogens is 269 g/mol. The highest BCUT2D eigenvalue weighted by atomic mass is 19.1. The van der Waals surface area contributed by atoms with Crippen molar-refractivity contribution in [2.24, 2.45) is 0 Å². The summed E-state index contributed by atoms with van der Waals surface area (Å²) in [5.74, 6) is -0.280. The fraction of sp³-hybridized carbons (Fsp3) is 0.250. The first-order valence-corrected chi connectivity index (χ1v) is 7.11. The molecule has 2 heterocycles. The van der Waals surface area contributed by atoms with E-state index in [1.165, 1.54) is 12.1 Å². The number of hydrogen-bond acceptors (Lipinski definition) is 2. The zero-order chi connectivity index (χ0) is 14.4. The van der Waals surface area contributed by atoms with E-state index in [-0.39, 0.29) is 11.5 Å². The molecule has 1 aromatic carbocycles. The van der Waals surface area contributed by atoms with Gasteiger partial charge in [0.25, 0.3) is 0 Å². The quantitative estimate of drug-likeness (QED) is 0.746. The molecule has 106 valence electrons. The maximum atomic E-state index is 13.0. The van der Waals surface area contributed by atoms with Gasteiger partial charge in [-0.05, 0) is 49.9 Å². The third-order valence-electron chi connectivity index (χ3n) is 4.06. The van der Waals surface area contributed by atoms with Gasteiger partial charge in [-0.15, -0.1) is 0 Å². The minimum atomic E-state index is -0.280. The number of H-pyrrole nitrogens is 1. The lowest BCUT2D eigenvalue weighted by molar-refractivity contribution is 0.628. The predicted molar refractivity (Wildman–Crippen MR) is 77.8 cm³/mol. The smallest absolute Gasteiger partial charge is 0.311 e. The lowest BCUT2D eigenvalue weighted by Gasteiger charge is -2.15. The molecule has 0 spiro atoms. The molecule has 0 saturated heterocycles. The number of aryl methyl sites for hydroxylation is 2. The second kappa shape index (κ2) is 4.55. The Morgan fingerprint density at radius 2 is 1.90 bits per heavy atom. The summed E-state index contributed by atoms with van der Waals surface area (Å²) in [6, 6.07) is 6.16. The van der Waals surface area contributed by atoms with Crippen molar-refractivity contribution in [1.29, 1.82) is 0 Å². The Morgan fingerprint density at radius 1 is 1.14 bits per heavy atom. The van der Waals surface area contributed by atoms with Crippen LogP contribution in [-0.2, 0) is 12.8 Å². The topological polar surface area (TPSA) is 50.2 Å². The highest BCUT2D eigenvalue weighted by Crippen LogP contribution is 2.25. The van der Waals surface area contributed by atoms with E-state index in [2.05, 4.69) is 9.97 Å². The summed E-state index contributed by atoms with van der Waals surface area (Å²) in [5.41, 5.74) is 4.21. The summed E-state index contributed by atoms with van der Waals surface area (Å²) in [6.07, 6.45) is 5.78. The van der Waals surface area contributed by atoms with Crippen molar-refractivity contribution in [2.75, 3.05) is 0 Å². The average Bonchev–Trinajstić information content (AvgIpc) is 2.94. The number of aromatic amines is 1. The zero-order valence-corrected chi connectivity index (χ0v) is 11.4. The Balaban J connectivity index is 1.95. The number of halogens is 1. The van der Waals surface area contributed by atoms with Crippen LogP contribution in [0.4, 0.5) is 4.39 Å². The molecule has 0 amide bonds. The van der Waals surface area contributed by atoms with E-state index in [1.54, 1.807) is 22.7 Å². The Bertz CT molecular complexity index is 877. The van der Waals surface area contributed by atoms with Crippen molar-refractivity contribution >= 4 is 5.65 Å². The van der Waals surface area contributed by atoms with E-state index in [1.807, 2.05) is 0 Å². The molecule has 5 heteroatoms. The molecule has 0 bridgehead atoms. The SMILES string of the molecule is O=c1[nH]c2c(c3nc(-c4ccc(F)cc4)cn13)CCCC2. The third kappa shape index (κ3) is 1.96. The number of rotatable bonds is 1. The normalized spacial score (nSPS) is 14.3. The summed E-state index contributed by atoms with van der Waals surface area (Å²) >= 11 is 0. The summed E-state index contributed by atoms with van der Waals surface area (Å²) in [4.78, 5) is 19.7. The molecule has 3 aromatic rings. The molecule has 1 aliphatic rings. The zero-order valence-electron chi connectivity index (χ0n) is 11.4. The fourth-order valence-electron chi connectivity index (χ4n) is 2.99. The van der Waals surface area contributed by atoms with Crippen LogP contribution in [-0.4, -0.2) is 14.4 Å². The van der Waals surface area contributed by atoms with Crippen molar-refractivity contribution in [3.8, 4) is 11.3 Å². The number of benzene rings is 1. The van der Waals surface area contributed by atoms with Gasteiger partial charge < -0.3 is 4.98 Å². The fourth-order valence-corrected chi connectivity index (χ4v) is 2.99. The maximum absolute atomic E-state index is 13.0. The second-order valence-electron chi connectivity index (χ2n) is 5.42. The standard InChI is InChI=1S/C16H14FN3O/c17-11-7-5-10(6-8-11)14-9-20-15(18-14)12-3-1-2-4-13(12)19-16(20)21/h5-9H,1-4H2,(H,19,21). The Kier molecular flexibility index (Phi) is 2.67. The lowest BCUT2D eigenvalue weighted by atomic mass is 9.97. The molecule has 0 unspecified atom stereocenters. The monoisotopic (exact) mass is 283 g/mol. The van der Waals surface area contributed by atoms with Crippen LogP contribution in [0.2, 0.25) is 0 Å². The number of nitrogens with zero attached hydrogens (tertiary/aromatic N) is 2. The molecule has 0 saturated carbocycles. The lowest BCUT2D eigenvalue weighted by Crippen LogP contribution is -2.21. The van der Waals surface area contributed by atoms with Crippen molar-refractivity contribution in [1.82, 2.24) is 14.4 Å². The van der Waals surface area contributed by atoms with Gasteiger partial charge >= 0.3 is 5.69 Å². The van der Waals surface area contributed by atoms with Crippen molar-refractivity contribution in [2.45, 2.75) is 25.7 Å². The minimum Gasteiger partial charge on any atom is -0.311 e. The summed E-state index contributed by atoms with van der Waals surface area (Å²) in [6.45, 7) is 0. The highest BCUT2D eigenvalue weighted by molar-refractivity contribution is 5.64. The van der Waals surface area contributed by atoms with Crippen molar-refractivity contribution < 1.29 is 4.39 Å². The highest BCUT2D eigenvalue weighted by Gasteiger charge is 2.17. The minimum absolute atomic E-state index is 0.161. The van der Waals surface area contributed by atoms with E-state index < -0.39 is 0 Å². The maximum Gasteiger partial charge on any atom is 0.331 e. The molecule has 1 aliphatic carbocycles.